The molecule has 2 amide bonds. The lowest BCUT2D eigenvalue weighted by Gasteiger charge is -2.23. The van der Waals surface area contributed by atoms with Crippen LogP contribution in [0.3, 0.4) is 0 Å². The summed E-state index contributed by atoms with van der Waals surface area (Å²) < 4.78 is 0. The van der Waals surface area contributed by atoms with Crippen molar-refractivity contribution in [1.29, 1.82) is 0 Å². The lowest BCUT2D eigenvalue weighted by Crippen LogP contribution is -2.42. The van der Waals surface area contributed by atoms with Crippen molar-refractivity contribution >= 4 is 11.8 Å². The molecule has 0 aromatic heterocycles. The fraction of sp³-hybridized carbons (Fsp3) is 0.818. The van der Waals surface area contributed by atoms with Crippen LogP contribution in [0.5, 0.6) is 0 Å². The van der Waals surface area contributed by atoms with E-state index in [1.807, 2.05) is 13.8 Å². The van der Waals surface area contributed by atoms with Gasteiger partial charge in [-0.25, -0.2) is 0 Å². The first-order valence-corrected chi connectivity index (χ1v) is 5.69. The number of carbonyl (C=O) groups excluding carboxylic acids is 2. The Hall–Kier alpha value is -1.10. The van der Waals surface area contributed by atoms with E-state index in [1.165, 1.54) is 4.90 Å². The smallest absolute Gasteiger partial charge is 0.242 e. The van der Waals surface area contributed by atoms with Gasteiger partial charge in [0.2, 0.25) is 11.8 Å². The Morgan fingerprint density at radius 1 is 1.19 bits per heavy atom. The van der Waals surface area contributed by atoms with Crippen molar-refractivity contribution in [3.05, 3.63) is 0 Å². The monoisotopic (exact) mass is 229 g/mol. The lowest BCUT2D eigenvalue weighted by atomic mass is 10.2. The summed E-state index contributed by atoms with van der Waals surface area (Å²) in [6.45, 7) is 7.09. The van der Waals surface area contributed by atoms with Gasteiger partial charge in [0.05, 0.1) is 6.54 Å². The standard InChI is InChI=1S/C11H23N3O2/c1-5-14(6-2)11(16)8-13(4)10(15)7-9(3)12/h9H,5-8,12H2,1-4H3. The molecular formula is C11H23N3O2. The molecule has 5 nitrogen and oxygen atoms in total. The predicted octanol–water partition coefficient (Wildman–Crippen LogP) is 0.0505. The van der Waals surface area contributed by atoms with Crippen molar-refractivity contribution in [3.63, 3.8) is 0 Å². The van der Waals surface area contributed by atoms with Crippen LogP contribution < -0.4 is 5.73 Å². The van der Waals surface area contributed by atoms with Gasteiger partial charge in [-0.3, -0.25) is 9.59 Å². The summed E-state index contributed by atoms with van der Waals surface area (Å²) in [4.78, 5) is 26.4. The van der Waals surface area contributed by atoms with Gasteiger partial charge in [0, 0.05) is 32.6 Å². The summed E-state index contributed by atoms with van der Waals surface area (Å²) in [5, 5.41) is 0. The molecule has 0 aromatic rings. The maximum Gasteiger partial charge on any atom is 0.242 e. The minimum atomic E-state index is -0.168. The molecule has 0 aromatic carbocycles. The number of rotatable bonds is 6. The van der Waals surface area contributed by atoms with Gasteiger partial charge in [-0.1, -0.05) is 0 Å². The van der Waals surface area contributed by atoms with E-state index in [-0.39, 0.29) is 30.8 Å². The number of carbonyl (C=O) groups is 2. The average molecular weight is 229 g/mol. The molecule has 0 aliphatic carbocycles. The second kappa shape index (κ2) is 7.22. The molecular weight excluding hydrogens is 206 g/mol. The quantitative estimate of drug-likeness (QED) is 0.700. The first kappa shape index (κ1) is 14.9. The topological polar surface area (TPSA) is 66.6 Å². The molecule has 1 atom stereocenters. The Labute approximate surface area is 97.6 Å². The SMILES string of the molecule is CCN(CC)C(=O)CN(C)C(=O)CC(C)N. The summed E-state index contributed by atoms with van der Waals surface area (Å²) in [6, 6.07) is -0.168. The highest BCUT2D eigenvalue weighted by molar-refractivity contribution is 5.84. The van der Waals surface area contributed by atoms with Crippen LogP contribution >= 0.6 is 0 Å². The first-order chi connectivity index (χ1) is 7.42. The Bertz CT molecular complexity index is 237. The molecule has 1 unspecified atom stereocenters. The van der Waals surface area contributed by atoms with Crippen LogP contribution in [0.25, 0.3) is 0 Å². The number of hydrogen-bond donors (Lipinski definition) is 1. The molecule has 16 heavy (non-hydrogen) atoms. The first-order valence-electron chi connectivity index (χ1n) is 5.69. The lowest BCUT2D eigenvalue weighted by molar-refractivity contribution is -0.139. The summed E-state index contributed by atoms with van der Waals surface area (Å²) in [6.07, 6.45) is 0.280. The third kappa shape index (κ3) is 5.11. The highest BCUT2D eigenvalue weighted by atomic mass is 16.2. The Morgan fingerprint density at radius 3 is 2.06 bits per heavy atom. The summed E-state index contributed by atoms with van der Waals surface area (Å²) >= 11 is 0. The van der Waals surface area contributed by atoms with Crippen molar-refractivity contribution < 1.29 is 9.59 Å². The predicted molar refractivity (Wildman–Crippen MR) is 63.8 cm³/mol. The minimum absolute atomic E-state index is 0.0227. The molecule has 94 valence electrons. The Balaban J connectivity index is 4.17. The summed E-state index contributed by atoms with van der Waals surface area (Å²) in [5.74, 6) is -0.110. The molecule has 0 spiro atoms. The molecule has 0 radical (unpaired) electrons. The highest BCUT2D eigenvalue weighted by Gasteiger charge is 2.16. The van der Waals surface area contributed by atoms with E-state index in [0.717, 1.165) is 0 Å². The van der Waals surface area contributed by atoms with Crippen LogP contribution in [0.2, 0.25) is 0 Å². The van der Waals surface area contributed by atoms with Gasteiger partial charge >= 0.3 is 0 Å². The van der Waals surface area contributed by atoms with E-state index >= 15 is 0 Å². The van der Waals surface area contributed by atoms with Gasteiger partial charge in [0.1, 0.15) is 0 Å². The number of amides is 2. The third-order valence-electron chi connectivity index (χ3n) is 2.41. The zero-order valence-corrected chi connectivity index (χ0v) is 10.7. The van der Waals surface area contributed by atoms with Crippen molar-refractivity contribution in [3.8, 4) is 0 Å². The van der Waals surface area contributed by atoms with Crippen molar-refractivity contribution in [1.82, 2.24) is 9.80 Å². The molecule has 2 N–H and O–H groups in total. The van der Waals surface area contributed by atoms with E-state index in [1.54, 1.807) is 18.9 Å². The van der Waals surface area contributed by atoms with Crippen LogP contribution in [0.15, 0.2) is 0 Å². The van der Waals surface area contributed by atoms with E-state index in [9.17, 15) is 9.59 Å². The average Bonchev–Trinajstić information content (AvgIpc) is 2.18. The molecule has 5 heteroatoms. The fourth-order valence-corrected chi connectivity index (χ4v) is 1.40. The van der Waals surface area contributed by atoms with Gasteiger partial charge in [0.25, 0.3) is 0 Å². The Morgan fingerprint density at radius 2 is 1.69 bits per heavy atom. The maximum atomic E-state index is 11.7. The van der Waals surface area contributed by atoms with Gasteiger partial charge in [0.15, 0.2) is 0 Å². The van der Waals surface area contributed by atoms with Crippen LogP contribution in [-0.2, 0) is 9.59 Å². The molecule has 0 fully saturated rings. The molecule has 0 rings (SSSR count). The van der Waals surface area contributed by atoms with E-state index in [2.05, 4.69) is 0 Å². The molecule has 0 aliphatic heterocycles. The zero-order chi connectivity index (χ0) is 12.7. The van der Waals surface area contributed by atoms with Crippen molar-refractivity contribution in [2.45, 2.75) is 33.2 Å². The van der Waals surface area contributed by atoms with Crippen molar-refractivity contribution in [2.24, 2.45) is 5.73 Å². The maximum absolute atomic E-state index is 11.7. The second-order valence-electron chi connectivity index (χ2n) is 4.00. The number of nitrogens with zero attached hydrogens (tertiary/aromatic N) is 2. The van der Waals surface area contributed by atoms with Crippen LogP contribution in [0.4, 0.5) is 0 Å². The van der Waals surface area contributed by atoms with Crippen LogP contribution in [0, 0.1) is 0 Å². The van der Waals surface area contributed by atoms with Crippen molar-refractivity contribution in [2.75, 3.05) is 26.7 Å². The molecule has 0 bridgehead atoms. The van der Waals surface area contributed by atoms with Gasteiger partial charge < -0.3 is 15.5 Å². The second-order valence-corrected chi connectivity index (χ2v) is 4.00. The number of likely N-dealkylation sites (N-methyl/N-ethyl adjacent to an activating group) is 2. The molecule has 0 aliphatic rings. The van der Waals surface area contributed by atoms with E-state index < -0.39 is 0 Å². The van der Waals surface area contributed by atoms with Gasteiger partial charge in [-0.05, 0) is 20.8 Å². The van der Waals surface area contributed by atoms with Gasteiger partial charge in [-0.2, -0.15) is 0 Å². The normalized spacial score (nSPS) is 12.1. The number of hydrogen-bond acceptors (Lipinski definition) is 3. The third-order valence-corrected chi connectivity index (χ3v) is 2.41. The van der Waals surface area contributed by atoms with Crippen LogP contribution in [-0.4, -0.2) is 54.3 Å². The summed E-state index contributed by atoms with van der Waals surface area (Å²) in [5.41, 5.74) is 5.53. The van der Waals surface area contributed by atoms with E-state index in [0.29, 0.717) is 13.1 Å². The summed E-state index contributed by atoms with van der Waals surface area (Å²) in [7, 11) is 1.63. The fourth-order valence-electron chi connectivity index (χ4n) is 1.40. The molecule has 0 saturated carbocycles. The van der Waals surface area contributed by atoms with E-state index in [4.69, 9.17) is 5.73 Å². The Kier molecular flexibility index (Phi) is 6.72. The minimum Gasteiger partial charge on any atom is -0.342 e. The number of nitrogens with two attached hydrogens (primary N) is 1. The van der Waals surface area contributed by atoms with Gasteiger partial charge in [-0.15, -0.1) is 0 Å². The largest absolute Gasteiger partial charge is 0.342 e. The molecule has 0 saturated heterocycles. The molecule has 0 heterocycles. The zero-order valence-electron chi connectivity index (χ0n) is 10.7. The van der Waals surface area contributed by atoms with Crippen LogP contribution in [0.1, 0.15) is 27.2 Å². The highest BCUT2D eigenvalue weighted by Crippen LogP contribution is 1.97.